The molecule has 0 radical (unpaired) electrons. The lowest BCUT2D eigenvalue weighted by molar-refractivity contribution is 0.270. The zero-order valence-electron chi connectivity index (χ0n) is 13.7. The topological polar surface area (TPSA) is 83.0 Å². The third-order valence-electron chi connectivity index (χ3n) is 2.91. The fourth-order valence-electron chi connectivity index (χ4n) is 1.72. The lowest BCUT2D eigenvalue weighted by Gasteiger charge is -2.11. The molecule has 1 aromatic carbocycles. The largest absolute Gasteiger partial charge is 0.353 e. The van der Waals surface area contributed by atoms with Gasteiger partial charge in [-0.1, -0.05) is 29.5 Å². The number of halogens is 1. The molecule has 0 saturated heterocycles. The van der Waals surface area contributed by atoms with Gasteiger partial charge in [0.05, 0.1) is 0 Å². The summed E-state index contributed by atoms with van der Waals surface area (Å²) < 4.78 is 0. The Morgan fingerprint density at radius 3 is 2.58 bits per heavy atom. The molecular weight excluding hydrogens is 348 g/mol. The molecule has 0 aliphatic rings. The number of amides is 1. The average Bonchev–Trinajstić information content (AvgIpc) is 2.53. The number of carbonyl (C=O) groups excluding carboxylic acids is 1. The first-order valence-corrected chi connectivity index (χ1v) is 8.63. The number of hydrogen-bond donors (Lipinski definition) is 2. The number of nitrogens with one attached hydrogen (secondary N) is 2. The maximum Gasteiger partial charge on any atom is 0.283 e. The highest BCUT2D eigenvalue weighted by Gasteiger charge is 2.07. The van der Waals surface area contributed by atoms with Crippen molar-refractivity contribution < 1.29 is 4.79 Å². The molecule has 0 aliphatic carbocycles. The zero-order valence-corrected chi connectivity index (χ0v) is 15.3. The van der Waals surface area contributed by atoms with E-state index in [9.17, 15) is 4.79 Å². The van der Waals surface area contributed by atoms with Crippen LogP contribution in [-0.2, 0) is 0 Å². The highest BCUT2D eigenvalue weighted by Crippen LogP contribution is 2.14. The minimum absolute atomic E-state index is 0.108. The van der Waals surface area contributed by atoms with Crippen LogP contribution >= 0.6 is 23.4 Å². The van der Waals surface area contributed by atoms with Gasteiger partial charge in [-0.05, 0) is 30.7 Å². The fourth-order valence-corrected chi connectivity index (χ4v) is 2.45. The SMILES string of the molecule is Cc1ccc(NC(=O)SCCNc2nc(Cl)nc(N(C)C)n2)cc1. The van der Waals surface area contributed by atoms with E-state index >= 15 is 0 Å². The van der Waals surface area contributed by atoms with Crippen LogP contribution in [0.5, 0.6) is 0 Å². The molecule has 0 aliphatic heterocycles. The van der Waals surface area contributed by atoms with E-state index in [0.717, 1.165) is 11.3 Å². The number of anilines is 3. The van der Waals surface area contributed by atoms with Crippen molar-refractivity contribution in [2.45, 2.75) is 6.92 Å². The Labute approximate surface area is 150 Å². The third-order valence-corrected chi connectivity index (χ3v) is 3.85. The molecule has 0 fully saturated rings. The zero-order chi connectivity index (χ0) is 17.5. The first kappa shape index (κ1) is 18.3. The van der Waals surface area contributed by atoms with E-state index in [4.69, 9.17) is 11.6 Å². The standard InChI is InChI=1S/C15H19ClN6OS/c1-10-4-6-11(7-5-10)18-15(23)24-9-8-17-13-19-12(16)20-14(21-13)22(2)3/h4-7H,8-9H2,1-3H3,(H,18,23)(H,17,19,20,21). The number of aryl methyl sites for hydroxylation is 1. The molecule has 1 amide bonds. The van der Waals surface area contributed by atoms with Gasteiger partial charge in [0, 0.05) is 32.1 Å². The van der Waals surface area contributed by atoms with Crippen LogP contribution in [-0.4, -0.2) is 46.6 Å². The Hall–Kier alpha value is -2.06. The van der Waals surface area contributed by atoms with Gasteiger partial charge in [-0.25, -0.2) is 0 Å². The van der Waals surface area contributed by atoms with Gasteiger partial charge in [-0.15, -0.1) is 0 Å². The molecule has 0 bridgehead atoms. The quantitative estimate of drug-likeness (QED) is 0.759. The Morgan fingerprint density at radius 2 is 1.92 bits per heavy atom. The van der Waals surface area contributed by atoms with Crippen molar-refractivity contribution in [2.75, 3.05) is 41.9 Å². The molecule has 24 heavy (non-hydrogen) atoms. The molecule has 0 saturated carbocycles. The van der Waals surface area contributed by atoms with Gasteiger partial charge >= 0.3 is 0 Å². The van der Waals surface area contributed by atoms with Crippen LogP contribution in [0.1, 0.15) is 5.56 Å². The van der Waals surface area contributed by atoms with Crippen LogP contribution < -0.4 is 15.5 Å². The van der Waals surface area contributed by atoms with E-state index in [-0.39, 0.29) is 10.5 Å². The van der Waals surface area contributed by atoms with Crippen LogP contribution in [0.4, 0.5) is 22.4 Å². The van der Waals surface area contributed by atoms with Gasteiger partial charge in [-0.3, -0.25) is 4.79 Å². The van der Waals surface area contributed by atoms with Crippen molar-refractivity contribution in [1.29, 1.82) is 0 Å². The lowest BCUT2D eigenvalue weighted by Crippen LogP contribution is -2.16. The van der Waals surface area contributed by atoms with Gasteiger partial charge in [0.2, 0.25) is 17.2 Å². The molecule has 1 heterocycles. The molecule has 9 heteroatoms. The number of aromatic nitrogens is 3. The number of carbonyl (C=O) groups is 1. The van der Waals surface area contributed by atoms with Crippen LogP contribution in [0.2, 0.25) is 5.28 Å². The molecule has 2 N–H and O–H groups in total. The fraction of sp³-hybridized carbons (Fsp3) is 0.333. The summed E-state index contributed by atoms with van der Waals surface area (Å²) in [5.74, 6) is 1.43. The van der Waals surface area contributed by atoms with Gasteiger partial charge in [-0.2, -0.15) is 15.0 Å². The minimum atomic E-state index is -0.108. The first-order valence-electron chi connectivity index (χ1n) is 7.27. The van der Waals surface area contributed by atoms with Crippen LogP contribution in [0, 0.1) is 6.92 Å². The first-order chi connectivity index (χ1) is 11.4. The Morgan fingerprint density at radius 1 is 1.21 bits per heavy atom. The normalized spacial score (nSPS) is 10.3. The van der Waals surface area contributed by atoms with E-state index in [1.54, 1.807) is 4.90 Å². The molecule has 128 valence electrons. The van der Waals surface area contributed by atoms with Gasteiger partial charge < -0.3 is 15.5 Å². The number of benzene rings is 1. The molecule has 0 spiro atoms. The molecule has 0 atom stereocenters. The second-order valence-electron chi connectivity index (χ2n) is 5.18. The molecule has 2 aromatic rings. The monoisotopic (exact) mass is 366 g/mol. The molecule has 7 nitrogen and oxygen atoms in total. The summed E-state index contributed by atoms with van der Waals surface area (Å²) in [7, 11) is 3.64. The van der Waals surface area contributed by atoms with Crippen LogP contribution in [0.25, 0.3) is 0 Å². The van der Waals surface area contributed by atoms with Crippen molar-refractivity contribution in [2.24, 2.45) is 0 Å². The van der Waals surface area contributed by atoms with E-state index in [1.807, 2.05) is 45.3 Å². The molecule has 2 rings (SSSR count). The minimum Gasteiger partial charge on any atom is -0.353 e. The summed E-state index contributed by atoms with van der Waals surface area (Å²) in [4.78, 5) is 25.8. The Balaban J connectivity index is 1.76. The summed E-state index contributed by atoms with van der Waals surface area (Å²) >= 11 is 7.04. The highest BCUT2D eigenvalue weighted by atomic mass is 35.5. The summed E-state index contributed by atoms with van der Waals surface area (Å²) in [6.45, 7) is 2.53. The van der Waals surface area contributed by atoms with E-state index in [1.165, 1.54) is 11.8 Å². The van der Waals surface area contributed by atoms with Gasteiger partial charge in [0.15, 0.2) is 0 Å². The van der Waals surface area contributed by atoms with Crippen LogP contribution in [0.3, 0.4) is 0 Å². The molecule has 1 aromatic heterocycles. The number of nitrogens with zero attached hydrogens (tertiary/aromatic N) is 4. The summed E-state index contributed by atoms with van der Waals surface area (Å²) in [6, 6.07) is 7.66. The maximum absolute atomic E-state index is 11.9. The number of hydrogen-bond acceptors (Lipinski definition) is 7. The average molecular weight is 367 g/mol. The molecular formula is C15H19ClN6OS. The van der Waals surface area contributed by atoms with Crippen molar-refractivity contribution in [3.05, 3.63) is 35.1 Å². The van der Waals surface area contributed by atoms with Crippen molar-refractivity contribution in [3.63, 3.8) is 0 Å². The molecule has 0 unspecified atom stereocenters. The summed E-state index contributed by atoms with van der Waals surface area (Å²) in [6.07, 6.45) is 0. The van der Waals surface area contributed by atoms with Gasteiger partial charge in [0.1, 0.15) is 0 Å². The number of rotatable bonds is 6. The summed E-state index contributed by atoms with van der Waals surface area (Å²) in [5, 5.41) is 5.88. The van der Waals surface area contributed by atoms with Crippen molar-refractivity contribution >= 4 is 46.2 Å². The van der Waals surface area contributed by atoms with Crippen LogP contribution in [0.15, 0.2) is 24.3 Å². The van der Waals surface area contributed by atoms with E-state index in [2.05, 4.69) is 25.6 Å². The van der Waals surface area contributed by atoms with Crippen molar-refractivity contribution in [1.82, 2.24) is 15.0 Å². The Kier molecular flexibility index (Phi) is 6.62. The predicted octanol–water partition coefficient (Wildman–Crippen LogP) is 3.28. The second kappa shape index (κ2) is 8.70. The lowest BCUT2D eigenvalue weighted by atomic mass is 10.2. The number of thioether (sulfide) groups is 1. The third kappa shape index (κ3) is 5.86. The van der Waals surface area contributed by atoms with Crippen molar-refractivity contribution in [3.8, 4) is 0 Å². The summed E-state index contributed by atoms with van der Waals surface area (Å²) in [5.41, 5.74) is 1.93. The van der Waals surface area contributed by atoms with E-state index in [0.29, 0.717) is 24.2 Å². The second-order valence-corrected chi connectivity index (χ2v) is 6.58. The maximum atomic E-state index is 11.9. The van der Waals surface area contributed by atoms with E-state index < -0.39 is 0 Å². The van der Waals surface area contributed by atoms with Gasteiger partial charge in [0.25, 0.3) is 5.24 Å². The highest BCUT2D eigenvalue weighted by molar-refractivity contribution is 8.13. The predicted molar refractivity (Wildman–Crippen MR) is 100 cm³/mol. The Bertz CT molecular complexity index is 695. The smallest absolute Gasteiger partial charge is 0.283 e.